The molecule has 0 spiro atoms. The third-order valence-corrected chi connectivity index (χ3v) is 4.43. The van der Waals surface area contributed by atoms with Crippen molar-refractivity contribution in [3.8, 4) is 5.75 Å². The van der Waals surface area contributed by atoms with Gasteiger partial charge in [-0.15, -0.1) is 0 Å². The molecule has 0 aliphatic carbocycles. The Kier molecular flexibility index (Phi) is 4.04. The molecule has 0 aliphatic heterocycles. The molecule has 0 saturated heterocycles. The van der Waals surface area contributed by atoms with Gasteiger partial charge in [0.1, 0.15) is 0 Å². The van der Waals surface area contributed by atoms with E-state index in [9.17, 15) is 12.8 Å². The first-order valence-electron chi connectivity index (χ1n) is 6.06. The van der Waals surface area contributed by atoms with Crippen molar-refractivity contribution in [3.05, 3.63) is 47.8 Å². The summed E-state index contributed by atoms with van der Waals surface area (Å²) < 4.78 is 45.2. The van der Waals surface area contributed by atoms with E-state index in [1.807, 2.05) is 0 Å². The van der Waals surface area contributed by atoms with Crippen molar-refractivity contribution in [1.29, 1.82) is 0 Å². The maximum Gasteiger partial charge on any atom is 0.262 e. The second kappa shape index (κ2) is 5.61. The molecule has 2 rings (SSSR count). The Morgan fingerprint density at radius 1 is 1.19 bits per heavy atom. The van der Waals surface area contributed by atoms with Gasteiger partial charge >= 0.3 is 0 Å². The Bertz CT molecular complexity index is 776. The highest BCUT2D eigenvalue weighted by molar-refractivity contribution is 7.92. The Balaban J connectivity index is 2.40. The van der Waals surface area contributed by atoms with E-state index in [1.54, 1.807) is 19.1 Å². The van der Waals surface area contributed by atoms with Gasteiger partial charge < -0.3 is 10.5 Å². The quantitative estimate of drug-likeness (QED) is 0.850. The van der Waals surface area contributed by atoms with Crippen molar-refractivity contribution in [2.75, 3.05) is 17.6 Å². The summed E-state index contributed by atoms with van der Waals surface area (Å²) in [5.74, 6) is -0.611. The molecular formula is C14H15FN2O3S. The summed E-state index contributed by atoms with van der Waals surface area (Å²) in [6.45, 7) is 1.67. The van der Waals surface area contributed by atoms with Crippen LogP contribution in [0, 0.1) is 12.7 Å². The largest absolute Gasteiger partial charge is 0.494 e. The second-order valence-corrected chi connectivity index (χ2v) is 6.13. The summed E-state index contributed by atoms with van der Waals surface area (Å²) in [7, 11) is -2.51. The first-order chi connectivity index (χ1) is 9.83. The van der Waals surface area contributed by atoms with Crippen molar-refractivity contribution in [3.63, 3.8) is 0 Å². The molecule has 0 unspecified atom stereocenters. The van der Waals surface area contributed by atoms with Crippen molar-refractivity contribution in [2.45, 2.75) is 11.8 Å². The van der Waals surface area contributed by atoms with Gasteiger partial charge in [-0.25, -0.2) is 12.8 Å². The number of sulfonamides is 1. The number of hydrogen-bond donors (Lipinski definition) is 2. The molecule has 5 nitrogen and oxygen atoms in total. The average Bonchev–Trinajstić information content (AvgIpc) is 2.43. The lowest BCUT2D eigenvalue weighted by Crippen LogP contribution is -2.14. The van der Waals surface area contributed by atoms with E-state index < -0.39 is 15.8 Å². The molecule has 0 fully saturated rings. The number of benzene rings is 2. The number of halogens is 1. The first-order valence-corrected chi connectivity index (χ1v) is 7.54. The van der Waals surface area contributed by atoms with E-state index in [4.69, 9.17) is 10.5 Å². The van der Waals surface area contributed by atoms with Crippen LogP contribution < -0.4 is 15.2 Å². The summed E-state index contributed by atoms with van der Waals surface area (Å²) in [5.41, 5.74) is 6.73. The van der Waals surface area contributed by atoms with Gasteiger partial charge in [-0.05, 0) is 36.8 Å². The van der Waals surface area contributed by atoms with Gasteiger partial charge in [0, 0.05) is 11.8 Å². The van der Waals surface area contributed by atoms with Crippen molar-refractivity contribution in [1.82, 2.24) is 0 Å². The van der Waals surface area contributed by atoms with Gasteiger partial charge in [0.05, 0.1) is 17.7 Å². The number of methoxy groups -OCH3 is 1. The van der Waals surface area contributed by atoms with Gasteiger partial charge in [0.2, 0.25) is 0 Å². The summed E-state index contributed by atoms with van der Waals surface area (Å²) >= 11 is 0. The highest BCUT2D eigenvalue weighted by atomic mass is 32.2. The van der Waals surface area contributed by atoms with Gasteiger partial charge in [-0.2, -0.15) is 0 Å². The van der Waals surface area contributed by atoms with Gasteiger partial charge in [-0.1, -0.05) is 6.07 Å². The number of hydrogen-bond acceptors (Lipinski definition) is 4. The molecular weight excluding hydrogens is 295 g/mol. The minimum absolute atomic E-state index is 0.0421. The van der Waals surface area contributed by atoms with Crippen LogP contribution in [-0.2, 0) is 10.0 Å². The van der Waals surface area contributed by atoms with Gasteiger partial charge in [-0.3, -0.25) is 4.72 Å². The number of nitrogens with one attached hydrogen (secondary N) is 1. The predicted octanol–water partition coefficient (Wildman–Crippen LogP) is 2.53. The molecule has 0 amide bonds. The minimum Gasteiger partial charge on any atom is -0.494 e. The zero-order valence-electron chi connectivity index (χ0n) is 11.6. The van der Waals surface area contributed by atoms with E-state index in [0.717, 1.165) is 6.07 Å². The Labute approximate surface area is 122 Å². The number of anilines is 2. The molecule has 2 aromatic rings. The van der Waals surface area contributed by atoms with E-state index >= 15 is 0 Å². The smallest absolute Gasteiger partial charge is 0.262 e. The number of nitrogen functional groups attached to an aromatic ring is 1. The Morgan fingerprint density at radius 2 is 1.90 bits per heavy atom. The fourth-order valence-corrected chi connectivity index (χ4v) is 3.17. The summed E-state index contributed by atoms with van der Waals surface area (Å²) in [5, 5.41) is 0. The van der Waals surface area contributed by atoms with E-state index in [-0.39, 0.29) is 16.3 Å². The molecule has 0 saturated carbocycles. The lowest BCUT2D eigenvalue weighted by atomic mass is 10.2. The molecule has 112 valence electrons. The average molecular weight is 310 g/mol. The number of rotatable bonds is 4. The highest BCUT2D eigenvalue weighted by Crippen LogP contribution is 2.25. The van der Waals surface area contributed by atoms with Crippen LogP contribution in [0.2, 0.25) is 0 Å². The lowest BCUT2D eigenvalue weighted by molar-refractivity contribution is 0.387. The normalized spacial score (nSPS) is 11.2. The Morgan fingerprint density at radius 3 is 2.57 bits per heavy atom. The monoisotopic (exact) mass is 310 g/mol. The molecule has 2 aromatic carbocycles. The molecule has 0 radical (unpaired) electrons. The maximum absolute atomic E-state index is 13.3. The van der Waals surface area contributed by atoms with Crippen LogP contribution in [0.1, 0.15) is 5.56 Å². The van der Waals surface area contributed by atoms with Crippen LogP contribution in [0.5, 0.6) is 5.75 Å². The number of ether oxygens (including phenoxy) is 1. The standard InChI is InChI=1S/C14H15FN2O3S/c1-9-3-4-10(16)7-14(9)21(18,19)17-11-5-6-12(15)13(8-11)20-2/h3-8,17H,16H2,1-2H3. The third kappa shape index (κ3) is 3.25. The fraction of sp³-hybridized carbons (Fsp3) is 0.143. The first kappa shape index (κ1) is 15.1. The molecule has 0 heterocycles. The maximum atomic E-state index is 13.3. The van der Waals surface area contributed by atoms with Crippen LogP contribution in [0.15, 0.2) is 41.3 Å². The summed E-state index contributed by atoms with van der Waals surface area (Å²) in [6.07, 6.45) is 0. The lowest BCUT2D eigenvalue weighted by Gasteiger charge is -2.12. The van der Waals surface area contributed by atoms with Crippen molar-refractivity contribution < 1.29 is 17.5 Å². The van der Waals surface area contributed by atoms with Crippen LogP contribution in [0.4, 0.5) is 15.8 Å². The van der Waals surface area contributed by atoms with Crippen LogP contribution >= 0.6 is 0 Å². The Hall–Kier alpha value is -2.28. The number of aryl methyl sites for hydroxylation is 1. The molecule has 0 bridgehead atoms. The van der Waals surface area contributed by atoms with Crippen molar-refractivity contribution in [2.24, 2.45) is 0 Å². The molecule has 21 heavy (non-hydrogen) atoms. The predicted molar refractivity (Wildman–Crippen MR) is 79.4 cm³/mol. The summed E-state index contributed by atoms with van der Waals surface area (Å²) in [6, 6.07) is 8.33. The van der Waals surface area contributed by atoms with Crippen LogP contribution in [0.3, 0.4) is 0 Å². The molecule has 7 heteroatoms. The zero-order chi connectivity index (χ0) is 15.6. The fourth-order valence-electron chi connectivity index (χ4n) is 1.84. The third-order valence-electron chi connectivity index (χ3n) is 2.91. The highest BCUT2D eigenvalue weighted by Gasteiger charge is 2.18. The molecule has 3 N–H and O–H groups in total. The molecule has 0 aromatic heterocycles. The second-order valence-electron chi connectivity index (χ2n) is 4.48. The molecule has 0 atom stereocenters. The van der Waals surface area contributed by atoms with Gasteiger partial charge in [0.25, 0.3) is 10.0 Å². The summed E-state index contributed by atoms with van der Waals surface area (Å²) in [4.78, 5) is 0.0748. The minimum atomic E-state index is -3.81. The van der Waals surface area contributed by atoms with E-state index in [1.165, 1.54) is 25.3 Å². The van der Waals surface area contributed by atoms with E-state index in [0.29, 0.717) is 11.3 Å². The van der Waals surface area contributed by atoms with Crippen LogP contribution in [-0.4, -0.2) is 15.5 Å². The SMILES string of the molecule is COc1cc(NS(=O)(=O)c2cc(N)ccc2C)ccc1F. The van der Waals surface area contributed by atoms with Crippen LogP contribution in [0.25, 0.3) is 0 Å². The topological polar surface area (TPSA) is 81.4 Å². The van der Waals surface area contributed by atoms with Gasteiger partial charge in [0.15, 0.2) is 11.6 Å². The van der Waals surface area contributed by atoms with E-state index in [2.05, 4.69) is 4.72 Å². The zero-order valence-corrected chi connectivity index (χ0v) is 12.4. The number of nitrogens with two attached hydrogens (primary N) is 1. The molecule has 0 aliphatic rings. The van der Waals surface area contributed by atoms with Crippen molar-refractivity contribution >= 4 is 21.4 Å².